The van der Waals surface area contributed by atoms with E-state index < -0.39 is 24.0 Å². The molecule has 1 atom stereocenters. The van der Waals surface area contributed by atoms with E-state index in [1.165, 1.54) is 6.92 Å². The molecule has 0 aliphatic rings. The van der Waals surface area contributed by atoms with Crippen molar-refractivity contribution in [2.24, 2.45) is 0 Å². The van der Waals surface area contributed by atoms with Gasteiger partial charge in [-0.1, -0.05) is 55.5 Å². The Labute approximate surface area is 237 Å². The fourth-order valence-corrected chi connectivity index (χ4v) is 4.41. The largest absolute Gasteiger partial charge is 0.511 e. The molecule has 4 rings (SSSR count). The number of carbonyl (C=O) groups is 2. The molecule has 2 heterocycles. The van der Waals surface area contributed by atoms with Gasteiger partial charge in [-0.3, -0.25) is 0 Å². The Hall–Kier alpha value is -4.58. The lowest BCUT2D eigenvalue weighted by Crippen LogP contribution is -2.27. The fourth-order valence-electron chi connectivity index (χ4n) is 4.41. The zero-order valence-electron chi connectivity index (χ0n) is 23.7. The Morgan fingerprint density at radius 2 is 1.76 bits per heavy atom. The molecule has 4 aromatic rings. The first-order valence-electron chi connectivity index (χ1n) is 13.4. The van der Waals surface area contributed by atoms with Gasteiger partial charge in [-0.2, -0.15) is 5.21 Å². The molecule has 2 N–H and O–H groups in total. The average molecular weight is 563 g/mol. The van der Waals surface area contributed by atoms with Crippen LogP contribution in [0.2, 0.25) is 0 Å². The standard InChI is InChI=1S/C29H34N6O6/c1-6-10-23-30-25(29(4,5)38)24(27(36)40-18(3)41-28(37)39-7-2)35(23)17-19-13-15-20(16-14-19)21-11-8-9-12-22(21)26-31-33-34-32-26/h8-9,11-16,18,38H,6-7,10,17H2,1-5H3,(H,31,32,33,34). The number of rotatable bonds is 11. The third-order valence-electron chi connectivity index (χ3n) is 6.21. The van der Waals surface area contributed by atoms with Crippen LogP contribution in [0.15, 0.2) is 48.5 Å². The van der Waals surface area contributed by atoms with Crippen LogP contribution < -0.4 is 0 Å². The van der Waals surface area contributed by atoms with Crippen molar-refractivity contribution < 1.29 is 28.9 Å². The second-order valence-electron chi connectivity index (χ2n) is 9.87. The quantitative estimate of drug-likeness (QED) is 0.195. The molecule has 0 spiro atoms. The zero-order chi connectivity index (χ0) is 29.6. The van der Waals surface area contributed by atoms with Crippen molar-refractivity contribution >= 4 is 12.1 Å². The Bertz CT molecular complexity index is 1470. The van der Waals surface area contributed by atoms with E-state index in [0.29, 0.717) is 24.6 Å². The molecule has 216 valence electrons. The molecule has 2 aromatic carbocycles. The van der Waals surface area contributed by atoms with Gasteiger partial charge in [0.1, 0.15) is 17.1 Å². The number of hydrogen-bond donors (Lipinski definition) is 2. The number of esters is 1. The van der Waals surface area contributed by atoms with Crippen molar-refractivity contribution in [1.82, 2.24) is 30.2 Å². The number of aromatic nitrogens is 6. The molecule has 0 saturated carbocycles. The maximum absolute atomic E-state index is 13.4. The first-order chi connectivity index (χ1) is 19.6. The highest BCUT2D eigenvalue weighted by molar-refractivity contribution is 5.89. The van der Waals surface area contributed by atoms with Crippen LogP contribution in [0.4, 0.5) is 4.79 Å². The first-order valence-corrected chi connectivity index (χ1v) is 13.4. The Morgan fingerprint density at radius 3 is 2.37 bits per heavy atom. The number of hydrogen-bond acceptors (Lipinski definition) is 10. The summed E-state index contributed by atoms with van der Waals surface area (Å²) in [5.74, 6) is 0.345. The van der Waals surface area contributed by atoms with Crippen LogP contribution in [0.25, 0.3) is 22.5 Å². The van der Waals surface area contributed by atoms with Crippen molar-refractivity contribution in [3.8, 4) is 22.5 Å². The van der Waals surface area contributed by atoms with Crippen LogP contribution in [0, 0.1) is 0 Å². The summed E-state index contributed by atoms with van der Waals surface area (Å²) in [4.78, 5) is 29.8. The number of aromatic amines is 1. The van der Waals surface area contributed by atoms with Crippen LogP contribution >= 0.6 is 0 Å². The van der Waals surface area contributed by atoms with E-state index in [-0.39, 0.29) is 18.0 Å². The molecule has 0 saturated heterocycles. The summed E-state index contributed by atoms with van der Waals surface area (Å²) < 4.78 is 16.9. The molecule has 0 fully saturated rings. The number of H-pyrrole nitrogens is 1. The molecule has 12 nitrogen and oxygen atoms in total. The molecular formula is C29H34N6O6. The highest BCUT2D eigenvalue weighted by atomic mass is 16.8. The average Bonchev–Trinajstić information content (AvgIpc) is 3.58. The number of imidazole rings is 1. The van der Waals surface area contributed by atoms with E-state index in [1.54, 1.807) is 25.3 Å². The van der Waals surface area contributed by atoms with Gasteiger partial charge in [0, 0.05) is 25.5 Å². The number of tetrazole rings is 1. The van der Waals surface area contributed by atoms with E-state index in [2.05, 4.69) is 25.6 Å². The molecule has 0 bridgehead atoms. The topological polar surface area (TPSA) is 154 Å². The van der Waals surface area contributed by atoms with Crippen LogP contribution in [0.5, 0.6) is 0 Å². The van der Waals surface area contributed by atoms with Crippen molar-refractivity contribution in [3.05, 3.63) is 71.3 Å². The highest BCUT2D eigenvalue weighted by Gasteiger charge is 2.33. The van der Waals surface area contributed by atoms with E-state index in [4.69, 9.17) is 14.2 Å². The molecular weight excluding hydrogens is 528 g/mol. The van der Waals surface area contributed by atoms with Gasteiger partial charge in [0.05, 0.1) is 6.61 Å². The van der Waals surface area contributed by atoms with Gasteiger partial charge in [0.15, 0.2) is 5.69 Å². The second-order valence-corrected chi connectivity index (χ2v) is 9.87. The molecule has 12 heteroatoms. The molecule has 0 aliphatic heterocycles. The third kappa shape index (κ3) is 6.95. The number of carbonyl (C=O) groups excluding carboxylic acids is 2. The first kappa shape index (κ1) is 29.4. The number of aryl methyl sites for hydroxylation is 1. The Morgan fingerprint density at radius 1 is 1.05 bits per heavy atom. The minimum atomic E-state index is -1.43. The lowest BCUT2D eigenvalue weighted by Gasteiger charge is -2.19. The minimum absolute atomic E-state index is 0.0896. The second kappa shape index (κ2) is 12.7. The van der Waals surface area contributed by atoms with Crippen molar-refractivity contribution in [2.75, 3.05) is 6.61 Å². The number of aliphatic hydroxyl groups is 1. The van der Waals surface area contributed by atoms with Gasteiger partial charge < -0.3 is 23.9 Å². The van der Waals surface area contributed by atoms with E-state index in [1.807, 2.05) is 55.5 Å². The maximum Gasteiger partial charge on any atom is 0.511 e. The normalized spacial score (nSPS) is 12.1. The molecule has 1 unspecified atom stereocenters. The lowest BCUT2D eigenvalue weighted by atomic mass is 9.98. The summed E-state index contributed by atoms with van der Waals surface area (Å²) in [6.07, 6.45) is -0.823. The van der Waals surface area contributed by atoms with Crippen LogP contribution in [0.3, 0.4) is 0 Å². The number of nitrogens with zero attached hydrogens (tertiary/aromatic N) is 5. The molecule has 0 radical (unpaired) electrons. The van der Waals surface area contributed by atoms with Gasteiger partial charge in [-0.15, -0.1) is 10.2 Å². The molecule has 0 aliphatic carbocycles. The fraction of sp³-hybridized carbons (Fsp3) is 0.379. The van der Waals surface area contributed by atoms with Crippen molar-refractivity contribution in [2.45, 2.75) is 65.9 Å². The Balaban J connectivity index is 1.67. The number of benzene rings is 2. The Kier molecular flexibility index (Phi) is 9.13. The predicted molar refractivity (Wildman–Crippen MR) is 149 cm³/mol. The van der Waals surface area contributed by atoms with Gasteiger partial charge >= 0.3 is 12.1 Å². The summed E-state index contributed by atoms with van der Waals surface area (Å²) >= 11 is 0. The van der Waals surface area contributed by atoms with E-state index in [0.717, 1.165) is 28.7 Å². The summed E-state index contributed by atoms with van der Waals surface area (Å²) in [5, 5.41) is 25.3. The van der Waals surface area contributed by atoms with E-state index in [9.17, 15) is 14.7 Å². The van der Waals surface area contributed by atoms with Crippen LogP contribution in [-0.4, -0.2) is 60.3 Å². The number of ether oxygens (including phenoxy) is 3. The highest BCUT2D eigenvalue weighted by Crippen LogP contribution is 2.31. The molecule has 41 heavy (non-hydrogen) atoms. The van der Waals surface area contributed by atoms with Crippen LogP contribution in [0.1, 0.15) is 68.6 Å². The summed E-state index contributed by atoms with van der Waals surface area (Å²) in [5.41, 5.74) is 2.47. The maximum atomic E-state index is 13.4. The van der Waals surface area contributed by atoms with Gasteiger partial charge in [0.25, 0.3) is 0 Å². The van der Waals surface area contributed by atoms with Crippen LogP contribution in [-0.2, 0) is 32.8 Å². The smallest absolute Gasteiger partial charge is 0.435 e. The monoisotopic (exact) mass is 562 g/mol. The van der Waals surface area contributed by atoms with Gasteiger partial charge in [-0.25, -0.2) is 14.6 Å². The van der Waals surface area contributed by atoms with Gasteiger partial charge in [-0.05, 0) is 49.1 Å². The van der Waals surface area contributed by atoms with Gasteiger partial charge in [0.2, 0.25) is 12.1 Å². The zero-order valence-corrected chi connectivity index (χ0v) is 23.7. The summed E-state index contributed by atoms with van der Waals surface area (Å²) in [6.45, 7) is 8.59. The van der Waals surface area contributed by atoms with Crippen molar-refractivity contribution in [3.63, 3.8) is 0 Å². The molecule has 0 amide bonds. The number of nitrogens with one attached hydrogen (secondary N) is 1. The third-order valence-corrected chi connectivity index (χ3v) is 6.21. The molecule has 2 aromatic heterocycles. The minimum Gasteiger partial charge on any atom is -0.435 e. The summed E-state index contributed by atoms with van der Waals surface area (Å²) in [7, 11) is 0. The summed E-state index contributed by atoms with van der Waals surface area (Å²) in [6, 6.07) is 15.7. The lowest BCUT2D eigenvalue weighted by molar-refractivity contribution is -0.0819. The SMILES string of the molecule is CCCc1nc(C(C)(C)O)c(C(=O)OC(C)OC(=O)OCC)n1Cc1ccc(-c2ccccc2-c2nn[nH]n2)cc1. The van der Waals surface area contributed by atoms with E-state index >= 15 is 0 Å². The predicted octanol–water partition coefficient (Wildman–Crippen LogP) is 4.63. The van der Waals surface area contributed by atoms with Crippen molar-refractivity contribution in [1.29, 1.82) is 0 Å².